The third-order valence-electron chi connectivity index (χ3n) is 7.17. The van der Waals surface area contributed by atoms with Crippen molar-refractivity contribution in [2.75, 3.05) is 32.8 Å². The molecule has 4 heteroatoms. The van der Waals surface area contributed by atoms with Gasteiger partial charge in [-0.3, -0.25) is 4.79 Å². The maximum absolute atomic E-state index is 12.9. The predicted molar refractivity (Wildman–Crippen MR) is 154 cm³/mol. The molecule has 35 heavy (non-hydrogen) atoms. The second-order valence-electron chi connectivity index (χ2n) is 10.7. The van der Waals surface area contributed by atoms with Gasteiger partial charge in [-0.1, -0.05) is 110 Å². The fourth-order valence-corrected chi connectivity index (χ4v) is 4.76. The molecular formula is C31H64N2O2. The minimum Gasteiger partial charge on any atom is -0.396 e. The van der Waals surface area contributed by atoms with Crippen LogP contribution in [0.2, 0.25) is 0 Å². The lowest BCUT2D eigenvalue weighted by atomic mass is 10.1. The summed E-state index contributed by atoms with van der Waals surface area (Å²) in [6, 6.07) is 0. The molecule has 0 atom stereocenters. The molecule has 1 amide bonds. The van der Waals surface area contributed by atoms with Crippen molar-refractivity contribution >= 4 is 5.91 Å². The zero-order valence-corrected chi connectivity index (χ0v) is 24.1. The zero-order chi connectivity index (χ0) is 25.7. The lowest BCUT2D eigenvalue weighted by molar-refractivity contribution is -0.131. The summed E-state index contributed by atoms with van der Waals surface area (Å²) in [5.41, 5.74) is 0. The van der Waals surface area contributed by atoms with E-state index in [4.69, 9.17) is 5.11 Å². The monoisotopic (exact) mass is 496 g/mol. The third-order valence-corrected chi connectivity index (χ3v) is 7.17. The number of amides is 1. The van der Waals surface area contributed by atoms with Crippen molar-refractivity contribution in [2.24, 2.45) is 0 Å². The van der Waals surface area contributed by atoms with Crippen molar-refractivity contribution in [3.63, 3.8) is 0 Å². The molecule has 4 nitrogen and oxygen atoms in total. The molecule has 0 aliphatic heterocycles. The lowest BCUT2D eigenvalue weighted by Gasteiger charge is -2.23. The molecule has 0 rings (SSSR count). The number of hydrogen-bond acceptors (Lipinski definition) is 3. The van der Waals surface area contributed by atoms with E-state index in [1.54, 1.807) is 0 Å². The van der Waals surface area contributed by atoms with Gasteiger partial charge in [-0.2, -0.15) is 0 Å². The largest absolute Gasteiger partial charge is 0.396 e. The van der Waals surface area contributed by atoms with E-state index in [0.717, 1.165) is 51.9 Å². The van der Waals surface area contributed by atoms with Crippen LogP contribution in [-0.2, 0) is 4.79 Å². The highest BCUT2D eigenvalue weighted by Crippen LogP contribution is 2.13. The lowest BCUT2D eigenvalue weighted by Crippen LogP contribution is -2.32. The molecule has 210 valence electrons. The first-order valence-electron chi connectivity index (χ1n) is 15.9. The van der Waals surface area contributed by atoms with Crippen molar-refractivity contribution in [3.8, 4) is 0 Å². The number of carbonyl (C=O) groups is 1. The van der Waals surface area contributed by atoms with E-state index >= 15 is 0 Å². The number of aliphatic hydroxyl groups excluding tert-OH is 1. The van der Waals surface area contributed by atoms with Gasteiger partial charge in [0.05, 0.1) is 0 Å². The standard InChI is InChI=1S/C31H64N2O2/c1-3-5-7-9-16-22-28-33(29-23-17-10-8-6-4-2)31(35)25-19-14-12-11-13-15-20-26-32-27-21-18-24-30-34/h32,34H,3-30H2,1-2H3. The van der Waals surface area contributed by atoms with Gasteiger partial charge in [-0.15, -0.1) is 0 Å². The van der Waals surface area contributed by atoms with Crippen LogP contribution >= 0.6 is 0 Å². The summed E-state index contributed by atoms with van der Waals surface area (Å²) in [4.78, 5) is 15.1. The molecule has 0 bridgehead atoms. The normalized spacial score (nSPS) is 11.3. The topological polar surface area (TPSA) is 52.6 Å². The van der Waals surface area contributed by atoms with Crippen LogP contribution in [0.4, 0.5) is 0 Å². The summed E-state index contributed by atoms with van der Waals surface area (Å²) in [6.07, 6.45) is 28.3. The minimum atomic E-state index is 0.324. The van der Waals surface area contributed by atoms with Gasteiger partial charge in [0, 0.05) is 26.1 Å². The van der Waals surface area contributed by atoms with Crippen LogP contribution in [0.5, 0.6) is 0 Å². The van der Waals surface area contributed by atoms with Crippen molar-refractivity contribution in [1.29, 1.82) is 0 Å². The number of unbranched alkanes of at least 4 members (excludes halogenated alkanes) is 18. The first-order valence-corrected chi connectivity index (χ1v) is 15.9. The van der Waals surface area contributed by atoms with Crippen LogP contribution in [0.1, 0.15) is 162 Å². The summed E-state index contributed by atoms with van der Waals surface area (Å²) >= 11 is 0. The average molecular weight is 497 g/mol. The molecule has 0 aromatic rings. The van der Waals surface area contributed by atoms with Crippen LogP contribution in [0, 0.1) is 0 Å². The summed E-state index contributed by atoms with van der Waals surface area (Å²) in [6.45, 7) is 9.03. The Bertz CT molecular complexity index is 401. The number of hydrogen-bond donors (Lipinski definition) is 2. The summed E-state index contributed by atoms with van der Waals surface area (Å²) in [7, 11) is 0. The molecule has 2 N–H and O–H groups in total. The van der Waals surface area contributed by atoms with Gasteiger partial charge in [-0.05, 0) is 58.0 Å². The van der Waals surface area contributed by atoms with Gasteiger partial charge in [-0.25, -0.2) is 0 Å². The highest BCUT2D eigenvalue weighted by atomic mass is 16.2. The molecule has 0 fully saturated rings. The van der Waals surface area contributed by atoms with E-state index in [1.807, 2.05) is 0 Å². The quantitative estimate of drug-likeness (QED) is 0.102. The van der Waals surface area contributed by atoms with Gasteiger partial charge in [0.1, 0.15) is 0 Å². The second-order valence-corrected chi connectivity index (χ2v) is 10.7. The van der Waals surface area contributed by atoms with Crippen molar-refractivity contribution in [1.82, 2.24) is 10.2 Å². The Kier molecular flexibility index (Phi) is 29.1. The van der Waals surface area contributed by atoms with E-state index in [9.17, 15) is 4.79 Å². The molecular weight excluding hydrogens is 432 g/mol. The summed E-state index contributed by atoms with van der Waals surface area (Å²) in [5, 5.41) is 12.3. The Labute approximate surface area is 220 Å². The van der Waals surface area contributed by atoms with E-state index in [2.05, 4.69) is 24.1 Å². The number of nitrogens with zero attached hydrogens (tertiary/aromatic N) is 1. The Balaban J connectivity index is 3.83. The van der Waals surface area contributed by atoms with E-state index < -0.39 is 0 Å². The molecule has 0 radical (unpaired) electrons. The van der Waals surface area contributed by atoms with Gasteiger partial charge in [0.15, 0.2) is 0 Å². The average Bonchev–Trinajstić information content (AvgIpc) is 2.86. The number of aliphatic hydroxyl groups is 1. The van der Waals surface area contributed by atoms with Crippen LogP contribution in [0.15, 0.2) is 0 Å². The number of rotatable bonds is 29. The highest BCUT2D eigenvalue weighted by molar-refractivity contribution is 5.76. The van der Waals surface area contributed by atoms with E-state index in [-0.39, 0.29) is 0 Å². The van der Waals surface area contributed by atoms with Gasteiger partial charge in [0.25, 0.3) is 0 Å². The van der Waals surface area contributed by atoms with Crippen molar-refractivity contribution < 1.29 is 9.90 Å². The fourth-order valence-electron chi connectivity index (χ4n) is 4.76. The van der Waals surface area contributed by atoms with Gasteiger partial charge < -0.3 is 15.3 Å². The summed E-state index contributed by atoms with van der Waals surface area (Å²) in [5.74, 6) is 0.414. The van der Waals surface area contributed by atoms with Crippen molar-refractivity contribution in [2.45, 2.75) is 162 Å². The highest BCUT2D eigenvalue weighted by Gasteiger charge is 2.12. The van der Waals surface area contributed by atoms with Gasteiger partial charge >= 0.3 is 0 Å². The first-order chi connectivity index (χ1) is 17.3. The van der Waals surface area contributed by atoms with Crippen LogP contribution < -0.4 is 5.32 Å². The van der Waals surface area contributed by atoms with Crippen molar-refractivity contribution in [3.05, 3.63) is 0 Å². The molecule has 0 saturated heterocycles. The maximum Gasteiger partial charge on any atom is 0.222 e. The summed E-state index contributed by atoms with van der Waals surface area (Å²) < 4.78 is 0. The Morgan fingerprint density at radius 1 is 0.543 bits per heavy atom. The van der Waals surface area contributed by atoms with Crippen LogP contribution in [-0.4, -0.2) is 48.7 Å². The minimum absolute atomic E-state index is 0.324. The molecule has 0 aromatic heterocycles. The number of carbonyl (C=O) groups excluding carboxylic acids is 1. The van der Waals surface area contributed by atoms with E-state index in [1.165, 1.54) is 122 Å². The Morgan fingerprint density at radius 3 is 1.43 bits per heavy atom. The Hall–Kier alpha value is -0.610. The Morgan fingerprint density at radius 2 is 0.943 bits per heavy atom. The molecule has 0 aliphatic rings. The zero-order valence-electron chi connectivity index (χ0n) is 24.1. The molecule has 0 aliphatic carbocycles. The molecule has 0 unspecified atom stereocenters. The maximum atomic E-state index is 12.9. The first kappa shape index (κ1) is 34.4. The van der Waals surface area contributed by atoms with Crippen LogP contribution in [0.25, 0.3) is 0 Å². The predicted octanol–water partition coefficient (Wildman–Crippen LogP) is 8.41. The SMILES string of the molecule is CCCCCCCCN(CCCCCCCC)C(=O)CCCCCCCCCNCCCCCO. The molecule has 0 heterocycles. The smallest absolute Gasteiger partial charge is 0.222 e. The van der Waals surface area contributed by atoms with Gasteiger partial charge in [0.2, 0.25) is 5.91 Å². The molecule has 0 spiro atoms. The van der Waals surface area contributed by atoms with E-state index in [0.29, 0.717) is 12.5 Å². The number of nitrogens with one attached hydrogen (secondary N) is 1. The molecule has 0 saturated carbocycles. The van der Waals surface area contributed by atoms with Crippen LogP contribution in [0.3, 0.4) is 0 Å². The fraction of sp³-hybridized carbons (Fsp3) is 0.968. The molecule has 0 aromatic carbocycles. The third kappa shape index (κ3) is 26.3. The second kappa shape index (κ2) is 29.6.